The van der Waals surface area contributed by atoms with E-state index in [9.17, 15) is 18.0 Å². The number of hydrogen-bond acceptors (Lipinski definition) is 4. The van der Waals surface area contributed by atoms with Gasteiger partial charge in [-0.3, -0.25) is 9.78 Å². The number of rotatable bonds is 4. The van der Waals surface area contributed by atoms with Crippen molar-refractivity contribution in [1.29, 1.82) is 0 Å². The molecule has 0 radical (unpaired) electrons. The van der Waals surface area contributed by atoms with E-state index >= 15 is 0 Å². The highest BCUT2D eigenvalue weighted by molar-refractivity contribution is 5.97. The van der Waals surface area contributed by atoms with Crippen molar-refractivity contribution < 1.29 is 22.7 Å². The van der Waals surface area contributed by atoms with Gasteiger partial charge in [0.1, 0.15) is 5.69 Å². The Morgan fingerprint density at radius 3 is 2.50 bits per heavy atom. The molecule has 1 aromatic carbocycles. The standard InChI is InChI=1S/C19H17F3N2O2/c20-19(21,22)17-6-5-13(9-24-17)16(25)7-11-1-3-12(4-2-11)18-15-8-14(26-18)10-23-15/h1-6,9,14-15,18,23H,7-8,10H2/t14-,15-,18+/m0/s1. The van der Waals surface area contributed by atoms with Gasteiger partial charge in [-0.25, -0.2) is 0 Å². The number of ketones is 1. The number of halogens is 3. The van der Waals surface area contributed by atoms with Crippen LogP contribution in [0.2, 0.25) is 0 Å². The zero-order valence-corrected chi connectivity index (χ0v) is 13.8. The molecule has 0 saturated carbocycles. The lowest BCUT2D eigenvalue weighted by Crippen LogP contribution is -2.33. The van der Waals surface area contributed by atoms with Gasteiger partial charge in [-0.2, -0.15) is 13.2 Å². The van der Waals surface area contributed by atoms with Gasteiger partial charge in [0, 0.05) is 30.8 Å². The average molecular weight is 362 g/mol. The summed E-state index contributed by atoms with van der Waals surface area (Å²) in [5.41, 5.74) is 1.03. The molecule has 3 atom stereocenters. The number of nitrogens with zero attached hydrogens (tertiary/aromatic N) is 1. The number of Topliss-reactive ketones (excluding diaryl/α,β-unsaturated/α-hetero) is 1. The molecule has 2 aromatic rings. The SMILES string of the molecule is O=C(Cc1ccc([C@H]2O[C@@H]3CN[C@H]2C3)cc1)c1ccc(C(F)(F)F)nc1. The molecule has 26 heavy (non-hydrogen) atoms. The Balaban J connectivity index is 1.41. The molecule has 7 heteroatoms. The fourth-order valence-electron chi connectivity index (χ4n) is 3.52. The lowest BCUT2D eigenvalue weighted by molar-refractivity contribution is -0.141. The van der Waals surface area contributed by atoms with Crippen molar-refractivity contribution >= 4 is 5.78 Å². The van der Waals surface area contributed by atoms with E-state index in [2.05, 4.69) is 10.3 Å². The minimum Gasteiger partial charge on any atom is -0.367 e. The molecule has 136 valence electrons. The molecule has 4 nitrogen and oxygen atoms in total. The number of carbonyl (C=O) groups is 1. The van der Waals surface area contributed by atoms with Crippen LogP contribution in [0.15, 0.2) is 42.6 Å². The molecular weight excluding hydrogens is 345 g/mol. The molecule has 2 aliphatic heterocycles. The van der Waals surface area contributed by atoms with Gasteiger partial charge in [-0.1, -0.05) is 24.3 Å². The molecule has 2 aliphatic rings. The summed E-state index contributed by atoms with van der Waals surface area (Å²) in [6.45, 7) is 0.898. The van der Waals surface area contributed by atoms with Gasteiger partial charge in [0.2, 0.25) is 0 Å². The van der Waals surface area contributed by atoms with Crippen LogP contribution in [-0.4, -0.2) is 29.5 Å². The fraction of sp³-hybridized carbons (Fsp3) is 0.368. The predicted molar refractivity (Wildman–Crippen MR) is 87.7 cm³/mol. The van der Waals surface area contributed by atoms with Gasteiger partial charge in [0.15, 0.2) is 5.78 Å². The second kappa shape index (κ2) is 6.48. The molecule has 4 rings (SSSR count). The van der Waals surface area contributed by atoms with E-state index in [1.165, 1.54) is 6.07 Å². The Morgan fingerprint density at radius 2 is 1.96 bits per heavy atom. The first-order valence-electron chi connectivity index (χ1n) is 8.44. The van der Waals surface area contributed by atoms with Crippen LogP contribution in [0, 0.1) is 0 Å². The third kappa shape index (κ3) is 3.37. The van der Waals surface area contributed by atoms with Crippen LogP contribution in [0.4, 0.5) is 13.2 Å². The number of morpholine rings is 1. The topological polar surface area (TPSA) is 51.2 Å². The summed E-state index contributed by atoms with van der Waals surface area (Å²) in [7, 11) is 0. The second-order valence-corrected chi connectivity index (χ2v) is 6.70. The van der Waals surface area contributed by atoms with E-state index in [-0.39, 0.29) is 30.0 Å². The molecule has 3 heterocycles. The van der Waals surface area contributed by atoms with Crippen LogP contribution in [0.5, 0.6) is 0 Å². The van der Waals surface area contributed by atoms with Crippen LogP contribution < -0.4 is 5.32 Å². The van der Waals surface area contributed by atoms with Crippen molar-refractivity contribution in [2.45, 2.75) is 37.3 Å². The van der Waals surface area contributed by atoms with E-state index in [0.717, 1.165) is 36.4 Å². The van der Waals surface area contributed by atoms with Gasteiger partial charge in [-0.05, 0) is 29.7 Å². The fourth-order valence-corrected chi connectivity index (χ4v) is 3.52. The molecule has 1 N–H and O–H groups in total. The third-order valence-electron chi connectivity index (χ3n) is 4.88. The summed E-state index contributed by atoms with van der Waals surface area (Å²) in [5.74, 6) is -0.267. The normalized spacial score (nSPS) is 24.8. The Morgan fingerprint density at radius 1 is 1.19 bits per heavy atom. The van der Waals surface area contributed by atoms with E-state index in [0.29, 0.717) is 6.04 Å². The van der Waals surface area contributed by atoms with Crippen molar-refractivity contribution in [3.8, 4) is 0 Å². The van der Waals surface area contributed by atoms with Gasteiger partial charge >= 0.3 is 6.18 Å². The lowest BCUT2D eigenvalue weighted by Gasteiger charge is -2.23. The predicted octanol–water partition coefficient (Wildman–Crippen LogP) is 3.33. The molecule has 0 amide bonds. The van der Waals surface area contributed by atoms with Crippen molar-refractivity contribution in [2.75, 3.05) is 6.54 Å². The highest BCUT2D eigenvalue weighted by Crippen LogP contribution is 2.36. The number of alkyl halides is 3. The summed E-state index contributed by atoms with van der Waals surface area (Å²) in [6.07, 6.45) is -2.08. The van der Waals surface area contributed by atoms with Crippen LogP contribution in [-0.2, 0) is 17.3 Å². The Bertz CT molecular complexity index is 803. The van der Waals surface area contributed by atoms with Crippen molar-refractivity contribution in [1.82, 2.24) is 10.3 Å². The summed E-state index contributed by atoms with van der Waals surface area (Å²) >= 11 is 0. The Labute approximate surface area is 148 Å². The zero-order valence-electron chi connectivity index (χ0n) is 13.8. The lowest BCUT2D eigenvalue weighted by atomic mass is 9.99. The monoisotopic (exact) mass is 362 g/mol. The van der Waals surface area contributed by atoms with Crippen LogP contribution in [0.25, 0.3) is 0 Å². The van der Waals surface area contributed by atoms with E-state index in [1.807, 2.05) is 24.3 Å². The molecule has 1 aromatic heterocycles. The van der Waals surface area contributed by atoms with Gasteiger partial charge in [-0.15, -0.1) is 0 Å². The molecule has 0 aliphatic carbocycles. The summed E-state index contributed by atoms with van der Waals surface area (Å²) in [4.78, 5) is 15.6. The van der Waals surface area contributed by atoms with Crippen LogP contribution in [0.1, 0.15) is 39.7 Å². The number of hydrogen-bond donors (Lipinski definition) is 1. The number of nitrogens with one attached hydrogen (secondary N) is 1. The van der Waals surface area contributed by atoms with Crippen LogP contribution in [0.3, 0.4) is 0 Å². The summed E-state index contributed by atoms with van der Waals surface area (Å²) in [5, 5.41) is 3.42. The molecular formula is C19H17F3N2O2. The smallest absolute Gasteiger partial charge is 0.367 e. The molecule has 2 fully saturated rings. The van der Waals surface area contributed by atoms with Crippen molar-refractivity contribution in [2.24, 2.45) is 0 Å². The minimum atomic E-state index is -4.51. The maximum absolute atomic E-state index is 12.5. The number of carbonyl (C=O) groups excluding carboxylic acids is 1. The summed E-state index contributed by atoms with van der Waals surface area (Å²) < 4.78 is 43.5. The zero-order chi connectivity index (χ0) is 18.3. The quantitative estimate of drug-likeness (QED) is 0.848. The molecule has 2 saturated heterocycles. The highest BCUT2D eigenvalue weighted by atomic mass is 19.4. The summed E-state index contributed by atoms with van der Waals surface area (Å²) in [6, 6.07) is 9.95. The molecule has 2 bridgehead atoms. The van der Waals surface area contributed by atoms with Crippen molar-refractivity contribution in [3.63, 3.8) is 0 Å². The minimum absolute atomic E-state index is 0.0395. The average Bonchev–Trinajstić information content (AvgIpc) is 3.25. The Hall–Kier alpha value is -2.25. The second-order valence-electron chi connectivity index (χ2n) is 6.70. The van der Waals surface area contributed by atoms with Crippen molar-refractivity contribution in [3.05, 3.63) is 65.0 Å². The van der Waals surface area contributed by atoms with E-state index in [1.54, 1.807) is 0 Å². The number of pyridine rings is 1. The number of benzene rings is 1. The number of ether oxygens (including phenoxy) is 1. The van der Waals surface area contributed by atoms with Gasteiger partial charge in [0.05, 0.1) is 12.2 Å². The molecule has 0 spiro atoms. The first-order chi connectivity index (χ1) is 12.4. The first kappa shape index (κ1) is 17.2. The largest absolute Gasteiger partial charge is 0.433 e. The van der Waals surface area contributed by atoms with E-state index in [4.69, 9.17) is 4.74 Å². The van der Waals surface area contributed by atoms with Crippen LogP contribution >= 0.6 is 0 Å². The van der Waals surface area contributed by atoms with Gasteiger partial charge < -0.3 is 10.1 Å². The third-order valence-corrected chi connectivity index (χ3v) is 4.88. The highest BCUT2D eigenvalue weighted by Gasteiger charge is 2.41. The maximum Gasteiger partial charge on any atom is 0.433 e. The maximum atomic E-state index is 12.5. The first-order valence-corrected chi connectivity index (χ1v) is 8.44. The van der Waals surface area contributed by atoms with Gasteiger partial charge in [0.25, 0.3) is 0 Å². The number of fused-ring (bicyclic) bond motifs is 2. The Kier molecular flexibility index (Phi) is 4.28. The molecule has 0 unspecified atom stereocenters. The number of aromatic nitrogens is 1. The van der Waals surface area contributed by atoms with E-state index < -0.39 is 11.9 Å².